The summed E-state index contributed by atoms with van der Waals surface area (Å²) in [6.45, 7) is 3.91. The Labute approximate surface area is 101 Å². The largest absolute Gasteiger partial charge is 0.354 e. The van der Waals surface area contributed by atoms with Gasteiger partial charge in [-0.2, -0.15) is 0 Å². The third kappa shape index (κ3) is 1.72. The van der Waals surface area contributed by atoms with Crippen molar-refractivity contribution in [2.24, 2.45) is 0 Å². The standard InChI is InChI=1S/C16H16N/c1-2-3-7-12-8-6-10-14-13-9-4-5-11-15(13)17-16(12)14/h4-6,8-11,17H,1-3,7H2. The Morgan fingerprint density at radius 1 is 0.941 bits per heavy atom. The number of hydrogen-bond donors (Lipinski definition) is 1. The van der Waals surface area contributed by atoms with Gasteiger partial charge in [0.15, 0.2) is 0 Å². The number of aryl methyl sites for hydroxylation is 1. The van der Waals surface area contributed by atoms with Gasteiger partial charge in [-0.1, -0.05) is 49.7 Å². The predicted octanol–water partition coefficient (Wildman–Crippen LogP) is 4.48. The predicted molar refractivity (Wildman–Crippen MR) is 74.1 cm³/mol. The fourth-order valence-corrected chi connectivity index (χ4v) is 2.46. The summed E-state index contributed by atoms with van der Waals surface area (Å²) < 4.78 is 0. The van der Waals surface area contributed by atoms with Gasteiger partial charge in [-0.3, -0.25) is 0 Å². The maximum Gasteiger partial charge on any atom is 0.0497 e. The Morgan fingerprint density at radius 2 is 1.76 bits per heavy atom. The summed E-state index contributed by atoms with van der Waals surface area (Å²) in [6.07, 6.45) is 3.25. The maximum absolute atomic E-state index is 3.91. The molecule has 1 heterocycles. The lowest BCUT2D eigenvalue weighted by atomic mass is 10.0. The van der Waals surface area contributed by atoms with Gasteiger partial charge < -0.3 is 4.98 Å². The number of fused-ring (bicyclic) bond motifs is 3. The molecule has 0 aliphatic heterocycles. The average molecular weight is 222 g/mol. The molecule has 0 unspecified atom stereocenters. The van der Waals surface area contributed by atoms with Gasteiger partial charge in [-0.25, -0.2) is 0 Å². The van der Waals surface area contributed by atoms with Gasteiger partial charge in [-0.15, -0.1) is 0 Å². The van der Waals surface area contributed by atoms with Crippen LogP contribution in [0.3, 0.4) is 0 Å². The summed E-state index contributed by atoms with van der Waals surface area (Å²) in [4.78, 5) is 3.54. The van der Waals surface area contributed by atoms with Crippen molar-refractivity contribution in [1.82, 2.24) is 4.98 Å². The van der Waals surface area contributed by atoms with Crippen LogP contribution in [-0.2, 0) is 6.42 Å². The molecule has 2 aromatic carbocycles. The van der Waals surface area contributed by atoms with E-state index >= 15 is 0 Å². The highest BCUT2D eigenvalue weighted by Gasteiger charge is 2.06. The molecule has 85 valence electrons. The van der Waals surface area contributed by atoms with Gasteiger partial charge >= 0.3 is 0 Å². The van der Waals surface area contributed by atoms with E-state index in [0.29, 0.717) is 0 Å². The van der Waals surface area contributed by atoms with E-state index in [-0.39, 0.29) is 0 Å². The molecule has 3 rings (SSSR count). The zero-order chi connectivity index (χ0) is 11.7. The quantitative estimate of drug-likeness (QED) is 0.672. The van der Waals surface area contributed by atoms with Crippen LogP contribution in [0.2, 0.25) is 0 Å². The monoisotopic (exact) mass is 222 g/mol. The number of para-hydroxylation sites is 2. The van der Waals surface area contributed by atoms with Crippen molar-refractivity contribution in [3.63, 3.8) is 0 Å². The lowest BCUT2D eigenvalue weighted by molar-refractivity contribution is 0.845. The van der Waals surface area contributed by atoms with Crippen LogP contribution in [0, 0.1) is 6.92 Å². The number of benzene rings is 2. The van der Waals surface area contributed by atoms with Crippen molar-refractivity contribution in [3.8, 4) is 0 Å². The molecule has 0 aliphatic rings. The molecule has 0 spiro atoms. The molecule has 1 radical (unpaired) electrons. The third-order valence-electron chi connectivity index (χ3n) is 3.32. The van der Waals surface area contributed by atoms with Crippen molar-refractivity contribution in [1.29, 1.82) is 0 Å². The smallest absolute Gasteiger partial charge is 0.0497 e. The lowest BCUT2D eigenvalue weighted by Crippen LogP contribution is -1.86. The van der Waals surface area contributed by atoms with Crippen molar-refractivity contribution < 1.29 is 0 Å². The SMILES string of the molecule is [CH2]CCCc1cccc2c1[nH]c1ccccc12. The zero-order valence-corrected chi connectivity index (χ0v) is 9.87. The van der Waals surface area contributed by atoms with Crippen LogP contribution in [0.1, 0.15) is 18.4 Å². The molecule has 3 aromatic rings. The summed E-state index contributed by atoms with van der Waals surface area (Å²) in [7, 11) is 0. The summed E-state index contributed by atoms with van der Waals surface area (Å²) in [5, 5.41) is 2.65. The molecule has 1 nitrogen and oxygen atoms in total. The average Bonchev–Trinajstić information content (AvgIpc) is 2.75. The number of nitrogens with one attached hydrogen (secondary N) is 1. The summed E-state index contributed by atoms with van der Waals surface area (Å²) in [5.74, 6) is 0. The number of aromatic nitrogens is 1. The lowest BCUT2D eigenvalue weighted by Gasteiger charge is -2.01. The van der Waals surface area contributed by atoms with Crippen LogP contribution in [-0.4, -0.2) is 4.98 Å². The fourth-order valence-electron chi connectivity index (χ4n) is 2.46. The maximum atomic E-state index is 3.91. The van der Waals surface area contributed by atoms with Crippen molar-refractivity contribution in [2.75, 3.05) is 0 Å². The molecule has 0 aliphatic carbocycles. The first kappa shape index (κ1) is 10.4. The minimum absolute atomic E-state index is 0.997. The molecule has 1 heteroatoms. The summed E-state index contributed by atoms with van der Waals surface area (Å²) in [6, 6.07) is 15.1. The van der Waals surface area contributed by atoms with E-state index in [0.717, 1.165) is 19.3 Å². The first-order valence-corrected chi connectivity index (χ1v) is 6.17. The highest BCUT2D eigenvalue weighted by atomic mass is 14.7. The van der Waals surface area contributed by atoms with E-state index in [1.54, 1.807) is 0 Å². The molecule has 0 atom stereocenters. The third-order valence-corrected chi connectivity index (χ3v) is 3.32. The van der Waals surface area contributed by atoms with Gasteiger partial charge in [0, 0.05) is 21.8 Å². The van der Waals surface area contributed by atoms with Gasteiger partial charge in [0.05, 0.1) is 0 Å². The molecule has 1 aromatic heterocycles. The van der Waals surface area contributed by atoms with Crippen LogP contribution in [0.5, 0.6) is 0 Å². The first-order chi connectivity index (χ1) is 8.40. The molecular weight excluding hydrogens is 206 g/mol. The number of hydrogen-bond acceptors (Lipinski definition) is 0. The second-order valence-electron chi connectivity index (χ2n) is 4.47. The van der Waals surface area contributed by atoms with E-state index in [1.807, 2.05) is 0 Å². The van der Waals surface area contributed by atoms with E-state index in [1.165, 1.54) is 27.4 Å². The Hall–Kier alpha value is -1.76. The Kier molecular flexibility index (Phi) is 2.60. The minimum Gasteiger partial charge on any atom is -0.354 e. The normalized spacial score (nSPS) is 11.4. The number of rotatable bonds is 3. The number of unbranched alkanes of at least 4 members (excludes halogenated alkanes) is 1. The Morgan fingerprint density at radius 3 is 2.65 bits per heavy atom. The fraction of sp³-hybridized carbons (Fsp3) is 0.188. The molecular formula is C16H16N. The molecule has 1 N–H and O–H groups in total. The summed E-state index contributed by atoms with van der Waals surface area (Å²) >= 11 is 0. The van der Waals surface area contributed by atoms with Gasteiger partial charge in [0.1, 0.15) is 0 Å². The van der Waals surface area contributed by atoms with Crippen molar-refractivity contribution >= 4 is 21.8 Å². The Balaban J connectivity index is 2.24. The van der Waals surface area contributed by atoms with E-state index in [2.05, 4.69) is 54.4 Å². The second kappa shape index (κ2) is 4.25. The van der Waals surface area contributed by atoms with E-state index in [4.69, 9.17) is 0 Å². The van der Waals surface area contributed by atoms with Crippen molar-refractivity contribution in [2.45, 2.75) is 19.3 Å². The highest BCUT2D eigenvalue weighted by molar-refractivity contribution is 6.08. The van der Waals surface area contributed by atoms with Gasteiger partial charge in [-0.05, 0) is 24.5 Å². The number of aromatic amines is 1. The van der Waals surface area contributed by atoms with Gasteiger partial charge in [0.25, 0.3) is 0 Å². The number of H-pyrrole nitrogens is 1. The first-order valence-electron chi connectivity index (χ1n) is 6.17. The molecule has 0 fully saturated rings. The van der Waals surface area contributed by atoms with Crippen molar-refractivity contribution in [3.05, 3.63) is 55.0 Å². The van der Waals surface area contributed by atoms with Crippen LogP contribution >= 0.6 is 0 Å². The zero-order valence-electron chi connectivity index (χ0n) is 9.87. The molecule has 0 amide bonds. The van der Waals surface area contributed by atoms with Crippen LogP contribution in [0.4, 0.5) is 0 Å². The van der Waals surface area contributed by atoms with Crippen LogP contribution in [0.25, 0.3) is 21.8 Å². The van der Waals surface area contributed by atoms with E-state index in [9.17, 15) is 0 Å². The molecule has 17 heavy (non-hydrogen) atoms. The Bertz CT molecular complexity index is 649. The topological polar surface area (TPSA) is 15.8 Å². The molecule has 0 saturated heterocycles. The highest BCUT2D eigenvalue weighted by Crippen LogP contribution is 2.28. The van der Waals surface area contributed by atoms with Gasteiger partial charge in [0.2, 0.25) is 0 Å². The molecule has 0 bridgehead atoms. The minimum atomic E-state index is 0.997. The summed E-state index contributed by atoms with van der Waals surface area (Å²) in [5.41, 5.74) is 3.93. The second-order valence-corrected chi connectivity index (χ2v) is 4.47. The van der Waals surface area contributed by atoms with E-state index < -0.39 is 0 Å². The van der Waals surface area contributed by atoms with Crippen LogP contribution < -0.4 is 0 Å². The molecule has 0 saturated carbocycles. The van der Waals surface area contributed by atoms with Crippen LogP contribution in [0.15, 0.2) is 42.5 Å².